The van der Waals surface area contributed by atoms with Crippen molar-refractivity contribution in [3.05, 3.63) is 90.0 Å². The number of para-hydroxylation sites is 2. The molecule has 1 heterocycles. The normalized spacial score (nSPS) is 11.4. The van der Waals surface area contributed by atoms with Gasteiger partial charge in [-0.05, 0) is 36.1 Å². The number of nitrogens with one attached hydrogen (secondary N) is 1. The Morgan fingerprint density at radius 2 is 1.58 bits per heavy atom. The lowest BCUT2D eigenvalue weighted by molar-refractivity contribution is -0.113. The van der Waals surface area contributed by atoms with Gasteiger partial charge >= 0.3 is 0 Å². The molecule has 0 radical (unpaired) electrons. The van der Waals surface area contributed by atoms with Crippen molar-refractivity contribution in [3.63, 3.8) is 0 Å². The highest BCUT2D eigenvalue weighted by molar-refractivity contribution is 7.99. The molecule has 0 bridgehead atoms. The first-order valence-electron chi connectivity index (χ1n) is 10.9. The van der Waals surface area contributed by atoms with Gasteiger partial charge in [-0.15, -0.1) is 10.2 Å². The second kappa shape index (κ2) is 9.63. The number of nitrogens with zero attached hydrogens (tertiary/aromatic N) is 3. The molecule has 33 heavy (non-hydrogen) atoms. The van der Waals surface area contributed by atoms with E-state index in [0.29, 0.717) is 5.16 Å². The van der Waals surface area contributed by atoms with E-state index in [2.05, 4.69) is 61.4 Å². The lowest BCUT2D eigenvalue weighted by Gasteiger charge is -2.23. The molecule has 1 amide bonds. The third-order valence-electron chi connectivity index (χ3n) is 5.30. The van der Waals surface area contributed by atoms with Crippen LogP contribution in [0.1, 0.15) is 31.9 Å². The van der Waals surface area contributed by atoms with Gasteiger partial charge in [0, 0.05) is 16.9 Å². The van der Waals surface area contributed by atoms with Gasteiger partial charge in [0.15, 0.2) is 11.0 Å². The Bertz CT molecular complexity index is 1240. The Balaban J connectivity index is 1.58. The lowest BCUT2D eigenvalue weighted by atomic mass is 9.86. The van der Waals surface area contributed by atoms with Crippen LogP contribution in [0.4, 0.5) is 5.69 Å². The Hall–Kier alpha value is -3.38. The quantitative estimate of drug-likeness (QED) is 0.347. The van der Waals surface area contributed by atoms with E-state index >= 15 is 0 Å². The van der Waals surface area contributed by atoms with E-state index in [1.54, 1.807) is 0 Å². The first kappa shape index (κ1) is 22.8. The molecule has 1 N–H and O–H groups in total. The number of hydrogen-bond acceptors (Lipinski definition) is 4. The van der Waals surface area contributed by atoms with E-state index < -0.39 is 0 Å². The molecule has 1 aromatic heterocycles. The molecule has 3 aromatic carbocycles. The molecular weight excluding hydrogens is 428 g/mol. The van der Waals surface area contributed by atoms with Gasteiger partial charge in [0.2, 0.25) is 5.91 Å². The molecule has 0 saturated heterocycles. The maximum atomic E-state index is 12.8. The maximum Gasteiger partial charge on any atom is 0.234 e. The first-order valence-corrected chi connectivity index (χ1v) is 11.9. The van der Waals surface area contributed by atoms with Gasteiger partial charge in [-0.3, -0.25) is 9.36 Å². The Kier molecular flexibility index (Phi) is 6.65. The molecule has 0 aliphatic heterocycles. The zero-order chi connectivity index (χ0) is 23.4. The number of amides is 1. The van der Waals surface area contributed by atoms with Crippen LogP contribution in [0, 0.1) is 6.92 Å². The second-order valence-corrected chi connectivity index (χ2v) is 9.92. The van der Waals surface area contributed by atoms with Gasteiger partial charge < -0.3 is 5.32 Å². The second-order valence-electron chi connectivity index (χ2n) is 8.98. The summed E-state index contributed by atoms with van der Waals surface area (Å²) in [5.41, 5.74) is 5.02. The van der Waals surface area contributed by atoms with Gasteiger partial charge in [0.05, 0.1) is 5.75 Å². The van der Waals surface area contributed by atoms with Crippen LogP contribution in [-0.4, -0.2) is 26.4 Å². The van der Waals surface area contributed by atoms with E-state index in [1.165, 1.54) is 17.3 Å². The van der Waals surface area contributed by atoms with Crippen LogP contribution in [0.3, 0.4) is 0 Å². The van der Waals surface area contributed by atoms with E-state index in [1.807, 2.05) is 65.2 Å². The Morgan fingerprint density at radius 3 is 2.27 bits per heavy atom. The zero-order valence-electron chi connectivity index (χ0n) is 19.4. The summed E-state index contributed by atoms with van der Waals surface area (Å²) in [6, 6.07) is 26.1. The minimum atomic E-state index is -0.0730. The number of benzene rings is 3. The summed E-state index contributed by atoms with van der Waals surface area (Å²) in [7, 11) is 0. The van der Waals surface area contributed by atoms with E-state index in [0.717, 1.165) is 28.3 Å². The molecule has 6 heteroatoms. The minimum Gasteiger partial charge on any atom is -0.325 e. The average molecular weight is 457 g/mol. The first-order chi connectivity index (χ1) is 15.8. The highest BCUT2D eigenvalue weighted by Crippen LogP contribution is 2.31. The number of aryl methyl sites for hydroxylation is 1. The number of carbonyl (C=O) groups is 1. The molecule has 4 rings (SSSR count). The predicted molar refractivity (Wildman–Crippen MR) is 136 cm³/mol. The Labute approximate surface area is 199 Å². The number of thioether (sulfide) groups is 1. The van der Waals surface area contributed by atoms with Gasteiger partial charge in [-0.25, -0.2) is 0 Å². The minimum absolute atomic E-state index is 0.0621. The largest absolute Gasteiger partial charge is 0.325 e. The summed E-state index contributed by atoms with van der Waals surface area (Å²) in [6.45, 7) is 8.48. The Morgan fingerprint density at radius 1 is 0.909 bits per heavy atom. The van der Waals surface area contributed by atoms with Crippen molar-refractivity contribution in [2.75, 3.05) is 11.1 Å². The number of hydrogen-bond donors (Lipinski definition) is 1. The van der Waals surface area contributed by atoms with E-state index in [-0.39, 0.29) is 17.1 Å². The van der Waals surface area contributed by atoms with Gasteiger partial charge in [-0.2, -0.15) is 0 Å². The van der Waals surface area contributed by atoms with Crippen LogP contribution in [-0.2, 0) is 10.2 Å². The van der Waals surface area contributed by atoms with Gasteiger partial charge in [0.25, 0.3) is 0 Å². The summed E-state index contributed by atoms with van der Waals surface area (Å²) >= 11 is 1.38. The SMILES string of the molecule is Cc1ccc(-c2nnc(SCC(=O)Nc3ccccc3C(C)(C)C)n2-c2ccccc2)cc1. The van der Waals surface area contributed by atoms with Crippen LogP contribution in [0.25, 0.3) is 17.1 Å². The lowest BCUT2D eigenvalue weighted by Crippen LogP contribution is -2.20. The fourth-order valence-corrected chi connectivity index (χ4v) is 4.38. The van der Waals surface area contributed by atoms with E-state index in [9.17, 15) is 4.79 Å². The molecule has 0 unspecified atom stereocenters. The number of anilines is 1. The van der Waals surface area contributed by atoms with Crippen LogP contribution >= 0.6 is 11.8 Å². The molecule has 0 atom stereocenters. The maximum absolute atomic E-state index is 12.8. The number of aromatic nitrogens is 3. The summed E-state index contributed by atoms with van der Waals surface area (Å²) in [5.74, 6) is 0.913. The van der Waals surface area contributed by atoms with Crippen molar-refractivity contribution < 1.29 is 4.79 Å². The predicted octanol–water partition coefficient (Wildman–Crippen LogP) is 6.27. The van der Waals surface area contributed by atoms with Gasteiger partial charge in [0.1, 0.15) is 0 Å². The van der Waals surface area contributed by atoms with Crippen molar-refractivity contribution in [1.82, 2.24) is 14.8 Å². The topological polar surface area (TPSA) is 59.8 Å². The molecule has 168 valence electrons. The van der Waals surface area contributed by atoms with Crippen molar-refractivity contribution >= 4 is 23.4 Å². The highest BCUT2D eigenvalue weighted by Gasteiger charge is 2.20. The third kappa shape index (κ3) is 5.34. The molecule has 0 spiro atoms. The monoisotopic (exact) mass is 456 g/mol. The molecule has 0 saturated carbocycles. The van der Waals surface area contributed by atoms with Crippen molar-refractivity contribution in [2.24, 2.45) is 0 Å². The fraction of sp³-hybridized carbons (Fsp3) is 0.222. The summed E-state index contributed by atoms with van der Waals surface area (Å²) < 4.78 is 2.01. The fourth-order valence-electron chi connectivity index (χ4n) is 3.63. The van der Waals surface area contributed by atoms with Crippen molar-refractivity contribution in [1.29, 1.82) is 0 Å². The molecule has 0 aliphatic rings. The van der Waals surface area contributed by atoms with Crippen molar-refractivity contribution in [3.8, 4) is 17.1 Å². The molecular formula is C27H28N4OS. The summed E-state index contributed by atoms with van der Waals surface area (Å²) in [5, 5.41) is 12.6. The average Bonchev–Trinajstić information content (AvgIpc) is 3.22. The zero-order valence-corrected chi connectivity index (χ0v) is 20.2. The molecule has 0 aliphatic carbocycles. The number of rotatable bonds is 6. The highest BCUT2D eigenvalue weighted by atomic mass is 32.2. The standard InChI is InChI=1S/C27H28N4OS/c1-19-14-16-20(17-15-19)25-29-30-26(31(25)21-10-6-5-7-11-21)33-18-24(32)28-23-13-9-8-12-22(23)27(2,3)4/h5-17H,18H2,1-4H3,(H,28,32). The van der Waals surface area contributed by atoms with E-state index in [4.69, 9.17) is 0 Å². The van der Waals surface area contributed by atoms with Crippen LogP contribution < -0.4 is 5.32 Å². The van der Waals surface area contributed by atoms with Crippen LogP contribution in [0.15, 0.2) is 84.0 Å². The molecule has 4 aromatic rings. The molecule has 0 fully saturated rings. The smallest absolute Gasteiger partial charge is 0.234 e. The molecule has 5 nitrogen and oxygen atoms in total. The summed E-state index contributed by atoms with van der Waals surface area (Å²) in [6.07, 6.45) is 0. The summed E-state index contributed by atoms with van der Waals surface area (Å²) in [4.78, 5) is 12.8. The third-order valence-corrected chi connectivity index (χ3v) is 6.23. The van der Waals surface area contributed by atoms with Crippen molar-refractivity contribution in [2.45, 2.75) is 38.3 Å². The number of carbonyl (C=O) groups excluding carboxylic acids is 1. The van der Waals surface area contributed by atoms with Gasteiger partial charge in [-0.1, -0.05) is 98.8 Å². The van der Waals surface area contributed by atoms with Crippen LogP contribution in [0.2, 0.25) is 0 Å². The van der Waals surface area contributed by atoms with Crippen LogP contribution in [0.5, 0.6) is 0 Å².